The van der Waals surface area contributed by atoms with Crippen molar-refractivity contribution in [1.29, 1.82) is 0 Å². The average Bonchev–Trinajstić information content (AvgIpc) is 3.10. The summed E-state index contributed by atoms with van der Waals surface area (Å²) < 4.78 is 3.37. The molecule has 0 radical (unpaired) electrons. The topological polar surface area (TPSA) is 90.8 Å². The predicted octanol–water partition coefficient (Wildman–Crippen LogP) is 5.27. The number of aryl methyl sites for hydroxylation is 1. The van der Waals surface area contributed by atoms with Crippen molar-refractivity contribution in [2.75, 3.05) is 11.1 Å². The fraction of sp³-hybridized carbons (Fsp3) is 0.346. The van der Waals surface area contributed by atoms with Gasteiger partial charge in [0.05, 0.1) is 22.3 Å². The molecule has 2 aromatic heterocycles. The van der Waals surface area contributed by atoms with Crippen molar-refractivity contribution in [1.82, 2.24) is 19.6 Å². The van der Waals surface area contributed by atoms with Gasteiger partial charge in [-0.25, -0.2) is 4.68 Å². The number of hydrogen-bond donors (Lipinski definition) is 2. The molecule has 0 bridgehead atoms. The van der Waals surface area contributed by atoms with Crippen LogP contribution in [0.4, 0.5) is 17.3 Å². The minimum atomic E-state index is -0.233. The first-order valence-corrected chi connectivity index (χ1v) is 11.1. The fourth-order valence-electron chi connectivity index (χ4n) is 3.85. The highest BCUT2D eigenvalue weighted by molar-refractivity contribution is 5.94. The lowest BCUT2D eigenvalue weighted by molar-refractivity contribution is 0.359. The number of rotatable bonds is 3. The Kier molecular flexibility index (Phi) is 5.31. The highest BCUT2D eigenvalue weighted by Crippen LogP contribution is 2.29. The molecule has 0 fully saturated rings. The molecule has 0 aliphatic rings. The van der Waals surface area contributed by atoms with Crippen LogP contribution in [-0.4, -0.2) is 19.6 Å². The first-order valence-electron chi connectivity index (χ1n) is 11.1. The molecule has 0 aliphatic carbocycles. The number of anilines is 3. The summed E-state index contributed by atoms with van der Waals surface area (Å²) in [4.78, 5) is 13.4. The van der Waals surface area contributed by atoms with Gasteiger partial charge in [0.15, 0.2) is 5.82 Å². The molecule has 2 heterocycles. The molecule has 0 saturated heterocycles. The molecule has 2 aromatic carbocycles. The number of benzene rings is 2. The van der Waals surface area contributed by atoms with E-state index in [2.05, 4.69) is 52.0 Å². The fourth-order valence-corrected chi connectivity index (χ4v) is 3.85. The van der Waals surface area contributed by atoms with E-state index >= 15 is 0 Å². The number of nitrogens with zero attached hydrogens (tertiary/aromatic N) is 4. The Morgan fingerprint density at radius 1 is 0.879 bits per heavy atom. The standard InChI is InChI=1S/C26H32N6O/c1-16-14-22(32(29-16)26(5,6)7)28-23-21-15-18(27)10-13-20(21)24(33)31(30-23)19-11-8-17(9-12-19)25(2,3)4/h8-15H,27H2,1-7H3,(H,28,30). The van der Waals surface area contributed by atoms with Gasteiger partial charge in [0, 0.05) is 17.1 Å². The van der Waals surface area contributed by atoms with Gasteiger partial charge in [-0.2, -0.15) is 9.78 Å². The van der Waals surface area contributed by atoms with E-state index in [9.17, 15) is 4.79 Å². The smallest absolute Gasteiger partial charge is 0.279 e. The Morgan fingerprint density at radius 3 is 2.15 bits per heavy atom. The van der Waals surface area contributed by atoms with E-state index in [0.717, 1.165) is 11.5 Å². The van der Waals surface area contributed by atoms with Crippen LogP contribution in [0.1, 0.15) is 52.8 Å². The number of nitrogens with two attached hydrogens (primary N) is 1. The van der Waals surface area contributed by atoms with E-state index in [-0.39, 0.29) is 16.5 Å². The minimum Gasteiger partial charge on any atom is -0.399 e. The molecule has 4 rings (SSSR count). The van der Waals surface area contributed by atoms with E-state index in [1.54, 1.807) is 18.2 Å². The van der Waals surface area contributed by atoms with Crippen LogP contribution in [0.3, 0.4) is 0 Å². The number of aromatic nitrogens is 4. The van der Waals surface area contributed by atoms with E-state index in [1.165, 1.54) is 10.2 Å². The van der Waals surface area contributed by atoms with Crippen molar-refractivity contribution >= 4 is 28.1 Å². The predicted molar refractivity (Wildman–Crippen MR) is 136 cm³/mol. The van der Waals surface area contributed by atoms with Crippen LogP contribution in [0.5, 0.6) is 0 Å². The molecule has 33 heavy (non-hydrogen) atoms. The maximum atomic E-state index is 13.4. The Morgan fingerprint density at radius 2 is 1.55 bits per heavy atom. The second kappa shape index (κ2) is 7.76. The van der Waals surface area contributed by atoms with Crippen LogP contribution in [0.2, 0.25) is 0 Å². The summed E-state index contributed by atoms with van der Waals surface area (Å²) in [6.07, 6.45) is 0. The van der Waals surface area contributed by atoms with Crippen LogP contribution in [-0.2, 0) is 11.0 Å². The zero-order chi connectivity index (χ0) is 24.1. The molecule has 4 aromatic rings. The van der Waals surface area contributed by atoms with E-state index < -0.39 is 0 Å². The lowest BCUT2D eigenvalue weighted by atomic mass is 9.87. The molecule has 0 spiro atoms. The Bertz CT molecular complexity index is 1380. The summed E-state index contributed by atoms with van der Waals surface area (Å²) in [5, 5.41) is 14.0. The molecule has 3 N–H and O–H groups in total. The Balaban J connectivity index is 1.91. The van der Waals surface area contributed by atoms with Gasteiger partial charge in [-0.05, 0) is 69.0 Å². The first-order chi connectivity index (χ1) is 15.3. The molecule has 0 atom stereocenters. The van der Waals surface area contributed by atoms with E-state index in [1.807, 2.05) is 41.9 Å². The van der Waals surface area contributed by atoms with Crippen LogP contribution in [0.25, 0.3) is 16.5 Å². The SMILES string of the molecule is Cc1cc(Nc2nn(-c3ccc(C(C)(C)C)cc3)c(=O)c3ccc(N)cc23)n(C(C)(C)C)n1. The van der Waals surface area contributed by atoms with Gasteiger partial charge in [0.2, 0.25) is 0 Å². The van der Waals surface area contributed by atoms with Crippen molar-refractivity contribution in [2.24, 2.45) is 0 Å². The van der Waals surface area contributed by atoms with Gasteiger partial charge in [-0.15, -0.1) is 5.10 Å². The molecule has 0 unspecified atom stereocenters. The maximum Gasteiger partial charge on any atom is 0.279 e. The number of nitrogen functional groups attached to an aromatic ring is 1. The van der Waals surface area contributed by atoms with E-state index in [0.29, 0.717) is 28.0 Å². The minimum absolute atomic E-state index is 0.0216. The third-order valence-corrected chi connectivity index (χ3v) is 5.61. The molecule has 0 aliphatic heterocycles. The molecular formula is C26H32N6O. The molecular weight excluding hydrogens is 412 g/mol. The summed E-state index contributed by atoms with van der Waals surface area (Å²) in [6.45, 7) is 14.7. The van der Waals surface area contributed by atoms with Crippen LogP contribution in [0.15, 0.2) is 53.3 Å². The number of hydrogen-bond acceptors (Lipinski definition) is 5. The molecule has 0 saturated carbocycles. The highest BCUT2D eigenvalue weighted by Gasteiger charge is 2.21. The number of nitrogens with one attached hydrogen (secondary N) is 1. The Labute approximate surface area is 194 Å². The number of fused-ring (bicyclic) bond motifs is 1. The largest absolute Gasteiger partial charge is 0.399 e. The van der Waals surface area contributed by atoms with Crippen LogP contribution >= 0.6 is 0 Å². The third kappa shape index (κ3) is 4.35. The second-order valence-electron chi connectivity index (χ2n) is 10.5. The summed E-state index contributed by atoms with van der Waals surface area (Å²) in [7, 11) is 0. The van der Waals surface area contributed by atoms with Crippen molar-refractivity contribution in [2.45, 2.75) is 59.4 Å². The van der Waals surface area contributed by atoms with Gasteiger partial charge in [-0.1, -0.05) is 32.9 Å². The molecule has 0 amide bonds. The lowest BCUT2D eigenvalue weighted by Crippen LogP contribution is -2.26. The zero-order valence-electron chi connectivity index (χ0n) is 20.4. The zero-order valence-corrected chi connectivity index (χ0v) is 20.4. The second-order valence-corrected chi connectivity index (χ2v) is 10.5. The van der Waals surface area contributed by atoms with Crippen molar-refractivity contribution in [3.8, 4) is 5.69 Å². The van der Waals surface area contributed by atoms with Crippen molar-refractivity contribution < 1.29 is 0 Å². The molecule has 7 heteroatoms. The van der Waals surface area contributed by atoms with E-state index in [4.69, 9.17) is 10.8 Å². The van der Waals surface area contributed by atoms with Crippen LogP contribution < -0.4 is 16.6 Å². The average molecular weight is 445 g/mol. The van der Waals surface area contributed by atoms with Crippen molar-refractivity contribution in [3.05, 3.63) is 70.1 Å². The van der Waals surface area contributed by atoms with Gasteiger partial charge >= 0.3 is 0 Å². The van der Waals surface area contributed by atoms with Crippen LogP contribution in [0, 0.1) is 6.92 Å². The van der Waals surface area contributed by atoms with Gasteiger partial charge in [0.1, 0.15) is 5.82 Å². The molecule has 172 valence electrons. The monoisotopic (exact) mass is 444 g/mol. The summed E-state index contributed by atoms with van der Waals surface area (Å²) >= 11 is 0. The summed E-state index contributed by atoms with van der Waals surface area (Å²) in [5.41, 5.74) is 9.01. The Hall–Kier alpha value is -3.61. The van der Waals surface area contributed by atoms with Gasteiger partial charge < -0.3 is 11.1 Å². The third-order valence-electron chi connectivity index (χ3n) is 5.61. The maximum absolute atomic E-state index is 13.4. The van der Waals surface area contributed by atoms with Crippen molar-refractivity contribution in [3.63, 3.8) is 0 Å². The van der Waals surface area contributed by atoms with Gasteiger partial charge in [-0.3, -0.25) is 4.79 Å². The normalized spacial score (nSPS) is 12.3. The van der Waals surface area contributed by atoms with Gasteiger partial charge in [0.25, 0.3) is 5.56 Å². The summed E-state index contributed by atoms with van der Waals surface area (Å²) in [6, 6.07) is 15.2. The quantitative estimate of drug-likeness (QED) is 0.420. The highest BCUT2D eigenvalue weighted by atomic mass is 16.1. The summed E-state index contributed by atoms with van der Waals surface area (Å²) in [5.74, 6) is 1.34. The first kappa shape index (κ1) is 22.6. The lowest BCUT2D eigenvalue weighted by Gasteiger charge is -2.23. The molecule has 7 nitrogen and oxygen atoms in total.